The second-order valence-electron chi connectivity index (χ2n) is 11.3. The monoisotopic (exact) mass is 534 g/mol. The van der Waals surface area contributed by atoms with E-state index < -0.39 is 14.6 Å². The van der Waals surface area contributed by atoms with Crippen molar-refractivity contribution in [2.45, 2.75) is 125 Å². The van der Waals surface area contributed by atoms with Crippen molar-refractivity contribution in [3.05, 3.63) is 46.7 Å². The van der Waals surface area contributed by atoms with E-state index in [0.29, 0.717) is 34.7 Å². The quantitative estimate of drug-likeness (QED) is 0.0915. The number of ether oxygens (including phenoxy) is 4. The first-order valence-corrected chi connectivity index (χ1v) is 15.9. The molecule has 0 aliphatic heterocycles. The van der Waals surface area contributed by atoms with Crippen LogP contribution in [0.1, 0.15) is 94.6 Å². The molecule has 2 atom stereocenters. The molecule has 6 heteroatoms. The minimum absolute atomic E-state index is 0.262. The standard InChI is InChI=1S/C31H54O5Si/c1-21(2)15-14-16-25(9)26(10)35-27(11)31(36-37(22(3)4,23(5)6)24(7)8)34-20-28-17-18-29(32-12)30(19-28)33-13/h15,17-19,22-24,27,31H,14,16,20H2,1-13H3/b26-25+. The molecule has 0 amide bonds. The first-order valence-electron chi connectivity index (χ1n) is 13.8. The number of allylic oxidation sites excluding steroid dienone is 4. The molecule has 0 heterocycles. The predicted octanol–water partition coefficient (Wildman–Crippen LogP) is 9.18. The molecule has 1 rings (SSSR count). The zero-order valence-electron chi connectivity index (χ0n) is 25.9. The Morgan fingerprint density at radius 3 is 1.89 bits per heavy atom. The Balaban J connectivity index is 3.26. The van der Waals surface area contributed by atoms with Crippen molar-refractivity contribution in [2.24, 2.45) is 0 Å². The smallest absolute Gasteiger partial charge is 0.203 e. The van der Waals surface area contributed by atoms with E-state index in [1.54, 1.807) is 14.2 Å². The minimum atomic E-state index is -2.21. The van der Waals surface area contributed by atoms with Crippen molar-refractivity contribution in [2.75, 3.05) is 14.2 Å². The van der Waals surface area contributed by atoms with Gasteiger partial charge in [-0.25, -0.2) is 0 Å². The zero-order chi connectivity index (χ0) is 28.3. The van der Waals surface area contributed by atoms with E-state index in [2.05, 4.69) is 82.2 Å². The highest BCUT2D eigenvalue weighted by molar-refractivity contribution is 6.77. The van der Waals surface area contributed by atoms with Gasteiger partial charge in [0.15, 0.2) is 17.8 Å². The van der Waals surface area contributed by atoms with Crippen LogP contribution in [0.25, 0.3) is 0 Å². The summed E-state index contributed by atoms with van der Waals surface area (Å²) in [7, 11) is 1.08. The SMILES string of the molecule is COc1ccc(COC(O[Si](C(C)C)(C(C)C)C(C)C)C(C)O/C(C)=C(\C)CCC=C(C)C)cc1OC. The Labute approximate surface area is 228 Å². The van der Waals surface area contributed by atoms with E-state index in [-0.39, 0.29) is 6.10 Å². The summed E-state index contributed by atoms with van der Waals surface area (Å²) in [5.41, 5.74) is 4.91. The van der Waals surface area contributed by atoms with Crippen LogP contribution in [0.15, 0.2) is 41.2 Å². The van der Waals surface area contributed by atoms with Gasteiger partial charge in [0, 0.05) is 0 Å². The van der Waals surface area contributed by atoms with Gasteiger partial charge in [0.25, 0.3) is 0 Å². The van der Waals surface area contributed by atoms with E-state index in [0.717, 1.165) is 24.2 Å². The summed E-state index contributed by atoms with van der Waals surface area (Å²) in [5, 5.41) is 0. The van der Waals surface area contributed by atoms with E-state index in [1.165, 1.54) is 11.1 Å². The average molecular weight is 535 g/mol. The van der Waals surface area contributed by atoms with Crippen LogP contribution in [0.2, 0.25) is 16.6 Å². The molecule has 0 saturated heterocycles. The third kappa shape index (κ3) is 9.49. The van der Waals surface area contributed by atoms with Gasteiger partial charge < -0.3 is 23.4 Å². The Morgan fingerprint density at radius 1 is 0.838 bits per heavy atom. The van der Waals surface area contributed by atoms with Crippen LogP contribution in [0.5, 0.6) is 11.5 Å². The molecule has 0 spiro atoms. The summed E-state index contributed by atoms with van der Waals surface area (Å²) in [4.78, 5) is 0. The molecular weight excluding hydrogens is 480 g/mol. The highest BCUT2D eigenvalue weighted by Gasteiger charge is 2.48. The summed E-state index contributed by atoms with van der Waals surface area (Å²) in [6.45, 7) is 24.7. The lowest BCUT2D eigenvalue weighted by Gasteiger charge is -2.45. The second-order valence-corrected chi connectivity index (χ2v) is 16.7. The fourth-order valence-electron chi connectivity index (χ4n) is 5.21. The first-order chi connectivity index (χ1) is 17.3. The molecule has 212 valence electrons. The van der Waals surface area contributed by atoms with Crippen LogP contribution in [0.4, 0.5) is 0 Å². The molecule has 0 aromatic heterocycles. The van der Waals surface area contributed by atoms with Gasteiger partial charge >= 0.3 is 0 Å². The molecular formula is C31H54O5Si. The zero-order valence-corrected chi connectivity index (χ0v) is 26.9. The third-order valence-corrected chi connectivity index (χ3v) is 13.4. The lowest BCUT2D eigenvalue weighted by molar-refractivity contribution is -0.160. The van der Waals surface area contributed by atoms with Crippen LogP contribution >= 0.6 is 0 Å². The molecule has 5 nitrogen and oxygen atoms in total. The second kappa shape index (κ2) is 15.6. The molecule has 2 unspecified atom stereocenters. The van der Waals surface area contributed by atoms with Gasteiger partial charge in [-0.3, -0.25) is 0 Å². The van der Waals surface area contributed by atoms with Gasteiger partial charge in [0.05, 0.1) is 26.6 Å². The molecule has 0 radical (unpaired) electrons. The number of benzene rings is 1. The van der Waals surface area contributed by atoms with Crippen molar-refractivity contribution in [1.82, 2.24) is 0 Å². The van der Waals surface area contributed by atoms with Crippen molar-refractivity contribution in [3.8, 4) is 11.5 Å². The maximum atomic E-state index is 7.10. The maximum Gasteiger partial charge on any atom is 0.203 e. The molecule has 0 N–H and O–H groups in total. The van der Waals surface area contributed by atoms with Crippen LogP contribution in [0, 0.1) is 0 Å². The molecule has 1 aromatic carbocycles. The lowest BCUT2D eigenvalue weighted by atomic mass is 10.1. The molecule has 0 aliphatic carbocycles. The summed E-state index contributed by atoms with van der Waals surface area (Å²) in [6.07, 6.45) is 3.51. The van der Waals surface area contributed by atoms with E-state index in [1.807, 2.05) is 18.2 Å². The first kappa shape index (κ1) is 33.3. The number of hydrogen-bond acceptors (Lipinski definition) is 5. The van der Waals surface area contributed by atoms with Crippen LogP contribution < -0.4 is 9.47 Å². The van der Waals surface area contributed by atoms with E-state index in [9.17, 15) is 0 Å². The van der Waals surface area contributed by atoms with Crippen LogP contribution in [-0.2, 0) is 20.5 Å². The van der Waals surface area contributed by atoms with Crippen LogP contribution in [0.3, 0.4) is 0 Å². The largest absolute Gasteiger partial charge is 0.493 e. The van der Waals surface area contributed by atoms with E-state index in [4.69, 9.17) is 23.4 Å². The predicted molar refractivity (Wildman–Crippen MR) is 158 cm³/mol. The van der Waals surface area contributed by atoms with Gasteiger partial charge in [-0.2, -0.15) is 0 Å². The summed E-state index contributed by atoms with van der Waals surface area (Å²) < 4.78 is 31.0. The van der Waals surface area contributed by atoms with E-state index >= 15 is 0 Å². The topological polar surface area (TPSA) is 46.2 Å². The number of rotatable bonds is 16. The fourth-order valence-corrected chi connectivity index (χ4v) is 10.7. The van der Waals surface area contributed by atoms with Gasteiger partial charge in [-0.15, -0.1) is 0 Å². The highest BCUT2D eigenvalue weighted by Crippen LogP contribution is 2.44. The lowest BCUT2D eigenvalue weighted by Crippen LogP contribution is -2.53. The van der Waals surface area contributed by atoms with Gasteiger partial charge in [-0.05, 0) is 87.4 Å². The van der Waals surface area contributed by atoms with Crippen LogP contribution in [-0.4, -0.2) is 34.9 Å². The van der Waals surface area contributed by atoms with Gasteiger partial charge in [0.2, 0.25) is 8.32 Å². The van der Waals surface area contributed by atoms with Crippen molar-refractivity contribution >= 4 is 8.32 Å². The third-order valence-electron chi connectivity index (χ3n) is 7.31. The summed E-state index contributed by atoms with van der Waals surface area (Å²) in [5.74, 6) is 2.33. The normalized spacial score (nSPS) is 14.5. The Bertz CT molecular complexity index is 862. The minimum Gasteiger partial charge on any atom is -0.493 e. The summed E-state index contributed by atoms with van der Waals surface area (Å²) in [6, 6.07) is 5.86. The summed E-state index contributed by atoms with van der Waals surface area (Å²) >= 11 is 0. The molecule has 0 aliphatic rings. The maximum absolute atomic E-state index is 7.10. The average Bonchev–Trinajstić information content (AvgIpc) is 2.82. The Hall–Kier alpha value is -1.76. The van der Waals surface area contributed by atoms with Crippen molar-refractivity contribution < 1.29 is 23.4 Å². The Morgan fingerprint density at radius 2 is 1.41 bits per heavy atom. The molecule has 0 bridgehead atoms. The molecule has 0 fully saturated rings. The van der Waals surface area contributed by atoms with Crippen molar-refractivity contribution in [3.63, 3.8) is 0 Å². The molecule has 1 aromatic rings. The number of hydrogen-bond donors (Lipinski definition) is 0. The molecule has 37 heavy (non-hydrogen) atoms. The van der Waals surface area contributed by atoms with Gasteiger partial charge in [-0.1, -0.05) is 59.3 Å². The van der Waals surface area contributed by atoms with Crippen molar-refractivity contribution in [1.29, 1.82) is 0 Å². The Kier molecular flexibility index (Phi) is 14.0. The molecule has 0 saturated carbocycles. The number of methoxy groups -OCH3 is 2. The fraction of sp³-hybridized carbons (Fsp3) is 0.677. The van der Waals surface area contributed by atoms with Gasteiger partial charge in [0.1, 0.15) is 6.10 Å². The highest BCUT2D eigenvalue weighted by atomic mass is 28.4.